The van der Waals surface area contributed by atoms with Crippen molar-refractivity contribution in [3.8, 4) is 11.5 Å². The van der Waals surface area contributed by atoms with Gasteiger partial charge in [-0.05, 0) is 54.4 Å². The van der Waals surface area contributed by atoms with Gasteiger partial charge in [0.25, 0.3) is 0 Å². The van der Waals surface area contributed by atoms with Crippen molar-refractivity contribution >= 4 is 34.3 Å². The minimum absolute atomic E-state index is 0.208. The van der Waals surface area contributed by atoms with Crippen molar-refractivity contribution in [2.75, 3.05) is 27.4 Å². The van der Waals surface area contributed by atoms with Gasteiger partial charge in [-0.25, -0.2) is 0 Å². The van der Waals surface area contributed by atoms with E-state index < -0.39 is 7.60 Å². The molecule has 0 aromatic heterocycles. The van der Waals surface area contributed by atoms with E-state index in [9.17, 15) is 4.57 Å². The molecular formula is C17H22BrO5P. The number of halogens is 1. The van der Waals surface area contributed by atoms with Crippen molar-refractivity contribution in [1.82, 2.24) is 0 Å². The normalized spacial score (nSPS) is 11.7. The Morgan fingerprint density at radius 1 is 0.917 bits per heavy atom. The van der Waals surface area contributed by atoms with Crippen LogP contribution in [-0.2, 0) is 19.8 Å². The van der Waals surface area contributed by atoms with Crippen LogP contribution in [0.1, 0.15) is 19.4 Å². The molecule has 2 aromatic rings. The Kier molecular flexibility index (Phi) is 6.70. The van der Waals surface area contributed by atoms with Crippen molar-refractivity contribution in [3.63, 3.8) is 0 Å². The van der Waals surface area contributed by atoms with Crippen LogP contribution >= 0.6 is 23.5 Å². The van der Waals surface area contributed by atoms with Gasteiger partial charge in [0.1, 0.15) is 0 Å². The molecule has 0 bridgehead atoms. The van der Waals surface area contributed by atoms with E-state index in [1.54, 1.807) is 28.1 Å². The highest BCUT2D eigenvalue weighted by atomic mass is 79.9. The first kappa shape index (κ1) is 19.3. The van der Waals surface area contributed by atoms with E-state index in [1.807, 2.05) is 24.3 Å². The Morgan fingerprint density at radius 2 is 1.42 bits per heavy atom. The van der Waals surface area contributed by atoms with Gasteiger partial charge in [-0.15, -0.1) is 0 Å². The third-order valence-electron chi connectivity index (χ3n) is 3.52. The highest BCUT2D eigenvalue weighted by Gasteiger charge is 2.25. The molecule has 0 saturated heterocycles. The third-order valence-corrected chi connectivity index (χ3v) is 6.29. The predicted octanol–water partition coefficient (Wildman–Crippen LogP) is 5.39. The summed E-state index contributed by atoms with van der Waals surface area (Å²) in [7, 11) is 0.0375. The maximum atomic E-state index is 12.8. The summed E-state index contributed by atoms with van der Waals surface area (Å²) in [4.78, 5) is 0. The van der Waals surface area contributed by atoms with Crippen LogP contribution < -0.4 is 9.47 Å². The minimum atomic E-state index is -3.17. The fourth-order valence-corrected chi connectivity index (χ4v) is 4.94. The van der Waals surface area contributed by atoms with Crippen molar-refractivity contribution in [2.45, 2.75) is 20.0 Å². The second kappa shape index (κ2) is 8.34. The number of rotatable bonds is 8. The molecular weight excluding hydrogens is 395 g/mol. The molecule has 0 fully saturated rings. The Balaban J connectivity index is 2.47. The zero-order valence-electron chi connectivity index (χ0n) is 14.3. The molecule has 24 heavy (non-hydrogen) atoms. The highest BCUT2D eigenvalue weighted by Crippen LogP contribution is 2.52. The number of ether oxygens (including phenoxy) is 2. The van der Waals surface area contributed by atoms with Crippen LogP contribution in [0.4, 0.5) is 0 Å². The van der Waals surface area contributed by atoms with Crippen LogP contribution in [0.5, 0.6) is 11.5 Å². The van der Waals surface area contributed by atoms with Crippen LogP contribution in [0.25, 0.3) is 10.8 Å². The smallest absolute Gasteiger partial charge is 0.335 e. The summed E-state index contributed by atoms with van der Waals surface area (Å²) < 4.78 is 35.1. The Hall–Kier alpha value is -1.07. The van der Waals surface area contributed by atoms with Crippen LogP contribution in [-0.4, -0.2) is 27.4 Å². The van der Waals surface area contributed by atoms with Gasteiger partial charge < -0.3 is 18.5 Å². The zero-order chi connectivity index (χ0) is 17.7. The molecule has 0 radical (unpaired) electrons. The summed E-state index contributed by atoms with van der Waals surface area (Å²) in [5.74, 6) is 1.31. The molecule has 132 valence electrons. The molecule has 0 saturated carbocycles. The molecule has 7 heteroatoms. The molecule has 0 unspecified atom stereocenters. The number of methoxy groups -OCH3 is 2. The molecule has 0 amide bonds. The number of hydrogen-bond acceptors (Lipinski definition) is 5. The fraction of sp³-hybridized carbons (Fsp3) is 0.412. The molecule has 0 N–H and O–H groups in total. The average molecular weight is 417 g/mol. The lowest BCUT2D eigenvalue weighted by molar-refractivity contribution is 0.219. The van der Waals surface area contributed by atoms with E-state index in [1.165, 1.54) is 0 Å². The van der Waals surface area contributed by atoms with E-state index in [-0.39, 0.29) is 6.16 Å². The van der Waals surface area contributed by atoms with Gasteiger partial charge in [0, 0.05) is 4.47 Å². The lowest BCUT2D eigenvalue weighted by Crippen LogP contribution is -2.00. The van der Waals surface area contributed by atoms with E-state index in [2.05, 4.69) is 15.9 Å². The minimum Gasteiger partial charge on any atom is -0.493 e. The van der Waals surface area contributed by atoms with E-state index in [0.717, 1.165) is 20.8 Å². The molecule has 2 rings (SSSR count). The van der Waals surface area contributed by atoms with Gasteiger partial charge in [-0.1, -0.05) is 15.9 Å². The summed E-state index contributed by atoms with van der Waals surface area (Å²) in [5.41, 5.74) is 0.861. The maximum Gasteiger partial charge on any atom is 0.335 e. The summed E-state index contributed by atoms with van der Waals surface area (Å²) in [6.45, 7) is 4.29. The van der Waals surface area contributed by atoms with Gasteiger partial charge in [-0.2, -0.15) is 0 Å². The Bertz CT molecular complexity index is 752. The second-order valence-electron chi connectivity index (χ2n) is 5.10. The maximum absolute atomic E-state index is 12.8. The summed E-state index contributed by atoms with van der Waals surface area (Å²) in [6.07, 6.45) is 0.208. The highest BCUT2D eigenvalue weighted by molar-refractivity contribution is 9.10. The fourth-order valence-electron chi connectivity index (χ4n) is 2.50. The van der Waals surface area contributed by atoms with Crippen LogP contribution in [0.2, 0.25) is 0 Å². The van der Waals surface area contributed by atoms with Crippen molar-refractivity contribution in [3.05, 3.63) is 34.3 Å². The molecule has 5 nitrogen and oxygen atoms in total. The number of hydrogen-bond donors (Lipinski definition) is 0. The molecule has 0 atom stereocenters. The number of benzene rings is 2. The predicted molar refractivity (Wildman–Crippen MR) is 99.3 cm³/mol. The SMILES string of the molecule is CCOP(=O)(Cc1cc2cc(OC)c(OC)cc2cc1Br)OCC. The monoisotopic (exact) mass is 416 g/mol. The summed E-state index contributed by atoms with van der Waals surface area (Å²) in [6, 6.07) is 7.74. The first-order valence-corrected chi connectivity index (χ1v) is 10.2. The lowest BCUT2D eigenvalue weighted by Gasteiger charge is -2.18. The third kappa shape index (κ3) is 4.31. The van der Waals surface area contributed by atoms with Crippen molar-refractivity contribution < 1.29 is 23.1 Å². The summed E-state index contributed by atoms with van der Waals surface area (Å²) >= 11 is 3.55. The molecule has 0 heterocycles. The lowest BCUT2D eigenvalue weighted by atomic mass is 10.1. The summed E-state index contributed by atoms with van der Waals surface area (Å²) in [5, 5.41) is 1.95. The van der Waals surface area contributed by atoms with E-state index in [0.29, 0.717) is 24.7 Å². The first-order chi connectivity index (χ1) is 11.5. The molecule has 0 aliphatic rings. The standard InChI is InChI=1S/C17H22BrO5P/c1-5-22-24(19,23-6-2)11-14-7-12-9-16(20-3)17(21-4)10-13(12)8-15(14)18/h7-10H,5-6,11H2,1-4H3. The van der Waals surface area contributed by atoms with Gasteiger partial charge in [0.15, 0.2) is 11.5 Å². The Labute approximate surface area is 150 Å². The van der Waals surface area contributed by atoms with Gasteiger partial charge in [0.2, 0.25) is 0 Å². The van der Waals surface area contributed by atoms with Crippen LogP contribution in [0, 0.1) is 0 Å². The quantitative estimate of drug-likeness (QED) is 0.540. The number of fused-ring (bicyclic) bond motifs is 1. The van der Waals surface area contributed by atoms with Crippen molar-refractivity contribution in [2.24, 2.45) is 0 Å². The van der Waals surface area contributed by atoms with E-state index in [4.69, 9.17) is 18.5 Å². The molecule has 0 aliphatic heterocycles. The van der Waals surface area contributed by atoms with Gasteiger partial charge in [-0.3, -0.25) is 4.57 Å². The largest absolute Gasteiger partial charge is 0.493 e. The Morgan fingerprint density at radius 3 is 1.88 bits per heavy atom. The molecule has 2 aromatic carbocycles. The van der Waals surface area contributed by atoms with Crippen molar-refractivity contribution in [1.29, 1.82) is 0 Å². The van der Waals surface area contributed by atoms with Gasteiger partial charge >= 0.3 is 7.60 Å². The first-order valence-electron chi connectivity index (χ1n) is 7.68. The molecule has 0 spiro atoms. The second-order valence-corrected chi connectivity index (χ2v) is 8.01. The zero-order valence-corrected chi connectivity index (χ0v) is 16.8. The van der Waals surface area contributed by atoms with E-state index >= 15 is 0 Å². The topological polar surface area (TPSA) is 54.0 Å². The average Bonchev–Trinajstić information content (AvgIpc) is 2.54. The van der Waals surface area contributed by atoms with Gasteiger partial charge in [0.05, 0.1) is 33.6 Å². The molecule has 0 aliphatic carbocycles. The van der Waals surface area contributed by atoms with Crippen LogP contribution in [0.3, 0.4) is 0 Å². The van der Waals surface area contributed by atoms with Crippen LogP contribution in [0.15, 0.2) is 28.7 Å².